The number of aliphatic carboxylic acids is 1. The average Bonchev–Trinajstić information content (AvgIpc) is 2.81. The van der Waals surface area contributed by atoms with Gasteiger partial charge in [-0.1, -0.05) is 34.1 Å². The molecule has 0 radical (unpaired) electrons. The maximum Gasteiger partial charge on any atom is 0.337 e. The second-order valence-corrected chi connectivity index (χ2v) is 11.8. The van der Waals surface area contributed by atoms with Crippen molar-refractivity contribution in [1.29, 1.82) is 0 Å². The highest BCUT2D eigenvalue weighted by Crippen LogP contribution is 2.43. The van der Waals surface area contributed by atoms with Gasteiger partial charge in [-0.3, -0.25) is 9.97 Å². The van der Waals surface area contributed by atoms with Crippen LogP contribution in [-0.2, 0) is 9.53 Å². The normalized spacial score (nSPS) is 17.5. The molecule has 0 spiro atoms. The van der Waals surface area contributed by atoms with Crippen LogP contribution in [0.4, 0.5) is 5.69 Å². The van der Waals surface area contributed by atoms with E-state index in [4.69, 9.17) is 14.5 Å². The molecular formula is C29H43N3O4. The van der Waals surface area contributed by atoms with E-state index in [1.807, 2.05) is 46.0 Å². The minimum Gasteiger partial charge on any atom is -0.492 e. The van der Waals surface area contributed by atoms with Crippen molar-refractivity contribution < 1.29 is 19.4 Å². The molecule has 1 saturated heterocycles. The van der Waals surface area contributed by atoms with E-state index in [2.05, 4.69) is 37.6 Å². The number of hydrogen-bond acceptors (Lipinski definition) is 6. The quantitative estimate of drug-likeness (QED) is 0.426. The predicted molar refractivity (Wildman–Crippen MR) is 144 cm³/mol. The Morgan fingerprint density at radius 3 is 2.36 bits per heavy atom. The molecule has 36 heavy (non-hydrogen) atoms. The number of pyridine rings is 2. The van der Waals surface area contributed by atoms with Gasteiger partial charge in [-0.2, -0.15) is 0 Å². The summed E-state index contributed by atoms with van der Waals surface area (Å²) >= 11 is 0. The molecule has 0 bridgehead atoms. The van der Waals surface area contributed by atoms with Crippen LogP contribution in [0.25, 0.3) is 11.3 Å². The minimum atomic E-state index is -1.14. The SMILES string of the molecule is CCC(C)COc1ccc(-c2cnc(C)c([C@H](OC(C)(C)C)C(=O)O)c2N2CCC(C)(C)CC2)nc1. The van der Waals surface area contributed by atoms with Crippen molar-refractivity contribution in [3.8, 4) is 17.0 Å². The molecule has 1 aliphatic heterocycles. The van der Waals surface area contributed by atoms with Gasteiger partial charge in [-0.05, 0) is 64.0 Å². The lowest BCUT2D eigenvalue weighted by atomic mass is 9.82. The third-order valence-corrected chi connectivity index (χ3v) is 6.92. The van der Waals surface area contributed by atoms with Crippen molar-refractivity contribution in [3.63, 3.8) is 0 Å². The molecule has 0 aliphatic carbocycles. The molecule has 198 valence electrons. The zero-order valence-electron chi connectivity index (χ0n) is 23.2. The van der Waals surface area contributed by atoms with E-state index in [9.17, 15) is 9.90 Å². The Labute approximate surface area is 216 Å². The van der Waals surface area contributed by atoms with Crippen LogP contribution in [0, 0.1) is 18.3 Å². The number of carboxylic acid groups (broad SMARTS) is 1. The van der Waals surface area contributed by atoms with Crippen LogP contribution in [-0.4, -0.2) is 46.3 Å². The molecule has 3 rings (SSSR count). The first kappa shape index (κ1) is 27.9. The van der Waals surface area contributed by atoms with E-state index >= 15 is 0 Å². The van der Waals surface area contributed by atoms with E-state index in [-0.39, 0.29) is 5.41 Å². The fourth-order valence-corrected chi connectivity index (χ4v) is 4.35. The standard InChI is InChI=1S/C29H43N3O4/c1-9-19(2)18-35-21-10-11-23(31-16-21)22-17-30-20(3)24(26(27(33)34)36-28(4,5)6)25(22)32-14-12-29(7,8)13-15-32/h10-11,16-17,19,26H,9,12-15,18H2,1-8H3,(H,33,34)/t19?,26-/m0/s1. The molecule has 2 aromatic rings. The number of carboxylic acids is 1. The molecule has 7 nitrogen and oxygen atoms in total. The third-order valence-electron chi connectivity index (χ3n) is 6.92. The van der Waals surface area contributed by atoms with Crippen molar-refractivity contribution in [3.05, 3.63) is 35.8 Å². The summed E-state index contributed by atoms with van der Waals surface area (Å²) in [5.74, 6) is 0.173. The fraction of sp³-hybridized carbons (Fsp3) is 0.621. The monoisotopic (exact) mass is 497 g/mol. The Morgan fingerprint density at radius 2 is 1.83 bits per heavy atom. The highest BCUT2D eigenvalue weighted by molar-refractivity contribution is 5.85. The van der Waals surface area contributed by atoms with Gasteiger partial charge in [0.15, 0.2) is 6.10 Å². The highest BCUT2D eigenvalue weighted by Gasteiger charge is 2.36. The van der Waals surface area contributed by atoms with E-state index in [0.717, 1.165) is 55.0 Å². The van der Waals surface area contributed by atoms with Crippen LogP contribution in [0.5, 0.6) is 5.75 Å². The highest BCUT2D eigenvalue weighted by atomic mass is 16.5. The zero-order valence-corrected chi connectivity index (χ0v) is 23.2. The summed E-state index contributed by atoms with van der Waals surface area (Å²) in [6.07, 6.45) is 5.50. The van der Waals surface area contributed by atoms with Gasteiger partial charge in [0.25, 0.3) is 0 Å². The Kier molecular flexibility index (Phi) is 8.65. The van der Waals surface area contributed by atoms with Gasteiger partial charge >= 0.3 is 5.97 Å². The molecule has 0 saturated carbocycles. The lowest BCUT2D eigenvalue weighted by Gasteiger charge is -2.40. The molecule has 3 heterocycles. The number of nitrogens with zero attached hydrogens (tertiary/aromatic N) is 3. The molecule has 2 aromatic heterocycles. The summed E-state index contributed by atoms with van der Waals surface area (Å²) in [5, 5.41) is 10.2. The van der Waals surface area contributed by atoms with E-state index < -0.39 is 17.7 Å². The van der Waals surface area contributed by atoms with Crippen molar-refractivity contribution >= 4 is 11.7 Å². The number of carbonyl (C=O) groups is 1. The molecule has 0 aromatic carbocycles. The Morgan fingerprint density at radius 1 is 1.17 bits per heavy atom. The van der Waals surface area contributed by atoms with Gasteiger partial charge in [0, 0.05) is 36.1 Å². The first-order chi connectivity index (χ1) is 16.8. The number of anilines is 1. The Bertz CT molecular complexity index is 1030. The first-order valence-corrected chi connectivity index (χ1v) is 13.1. The maximum absolute atomic E-state index is 12.5. The Balaban J connectivity index is 2.10. The summed E-state index contributed by atoms with van der Waals surface area (Å²) in [6, 6.07) is 3.85. The predicted octanol–water partition coefficient (Wildman–Crippen LogP) is 6.44. The summed E-state index contributed by atoms with van der Waals surface area (Å²) in [5.41, 5.74) is 3.28. The van der Waals surface area contributed by atoms with Gasteiger partial charge < -0.3 is 19.5 Å². The molecule has 0 amide bonds. The topological polar surface area (TPSA) is 84.8 Å². The van der Waals surface area contributed by atoms with Crippen LogP contribution in [0.15, 0.2) is 24.5 Å². The van der Waals surface area contributed by atoms with Crippen molar-refractivity contribution in [1.82, 2.24) is 9.97 Å². The van der Waals surface area contributed by atoms with Crippen LogP contribution in [0.1, 0.15) is 85.1 Å². The number of rotatable bonds is 9. The van der Waals surface area contributed by atoms with Gasteiger partial charge in [-0.15, -0.1) is 0 Å². The van der Waals surface area contributed by atoms with Gasteiger partial charge in [0.1, 0.15) is 5.75 Å². The number of ether oxygens (including phenoxy) is 2. The smallest absolute Gasteiger partial charge is 0.337 e. The van der Waals surface area contributed by atoms with Crippen molar-refractivity contribution in [2.24, 2.45) is 11.3 Å². The number of piperidine rings is 1. The third kappa shape index (κ3) is 6.96. The molecule has 1 aliphatic rings. The van der Waals surface area contributed by atoms with Crippen LogP contribution >= 0.6 is 0 Å². The Hall–Kier alpha value is -2.67. The molecule has 7 heteroatoms. The number of aryl methyl sites for hydroxylation is 1. The van der Waals surface area contributed by atoms with Gasteiger partial charge in [-0.25, -0.2) is 4.79 Å². The summed E-state index contributed by atoms with van der Waals surface area (Å²) in [7, 11) is 0. The van der Waals surface area contributed by atoms with Crippen molar-refractivity contribution in [2.75, 3.05) is 24.6 Å². The summed E-state index contributed by atoms with van der Waals surface area (Å²) in [4.78, 5) is 24.1. The van der Waals surface area contributed by atoms with Gasteiger partial charge in [0.05, 0.1) is 29.8 Å². The van der Waals surface area contributed by atoms with Crippen molar-refractivity contribution in [2.45, 2.75) is 86.4 Å². The lowest BCUT2D eigenvalue weighted by Crippen LogP contribution is -2.39. The maximum atomic E-state index is 12.5. The fourth-order valence-electron chi connectivity index (χ4n) is 4.35. The number of hydrogen-bond donors (Lipinski definition) is 1. The molecular weight excluding hydrogens is 454 g/mol. The number of aromatic nitrogens is 2. The van der Waals surface area contributed by atoms with Gasteiger partial charge in [0.2, 0.25) is 0 Å². The second kappa shape index (κ2) is 11.2. The van der Waals surface area contributed by atoms with Crippen LogP contribution in [0.3, 0.4) is 0 Å². The second-order valence-electron chi connectivity index (χ2n) is 11.8. The first-order valence-electron chi connectivity index (χ1n) is 13.1. The zero-order chi connectivity index (χ0) is 26.7. The van der Waals surface area contributed by atoms with Crippen LogP contribution < -0.4 is 9.64 Å². The molecule has 1 N–H and O–H groups in total. The van der Waals surface area contributed by atoms with E-state index in [1.54, 1.807) is 6.20 Å². The largest absolute Gasteiger partial charge is 0.492 e. The van der Waals surface area contributed by atoms with E-state index in [1.165, 1.54) is 0 Å². The summed E-state index contributed by atoms with van der Waals surface area (Å²) < 4.78 is 12.0. The molecule has 1 unspecified atom stereocenters. The summed E-state index contributed by atoms with van der Waals surface area (Å²) in [6.45, 7) is 18.7. The van der Waals surface area contributed by atoms with Crippen LogP contribution in [0.2, 0.25) is 0 Å². The molecule has 1 fully saturated rings. The average molecular weight is 498 g/mol. The molecule has 2 atom stereocenters. The van der Waals surface area contributed by atoms with E-state index in [0.29, 0.717) is 23.8 Å². The lowest BCUT2D eigenvalue weighted by molar-refractivity contribution is -0.160. The minimum absolute atomic E-state index is 0.250.